The molecule has 0 atom stereocenters. The molecule has 0 aliphatic heterocycles. The summed E-state index contributed by atoms with van der Waals surface area (Å²) in [6.45, 7) is 0. The van der Waals surface area contributed by atoms with Crippen molar-refractivity contribution in [2.75, 3.05) is 0 Å². The van der Waals surface area contributed by atoms with Gasteiger partial charge in [-0.05, 0) is 158 Å². The lowest BCUT2D eigenvalue weighted by molar-refractivity contribution is 0.340. The van der Waals surface area contributed by atoms with Crippen LogP contribution in [0, 0.1) is 11.8 Å². The minimum atomic E-state index is 0.864. The molecule has 0 aromatic heterocycles. The molecule has 10 aromatic carbocycles. The Bertz CT molecular complexity index is 3090. The standard InChI is InChI=1S/C62H56/c1-3-15-41(16-4-1)29-31-53-45-21-9-7-19-43(45)39-61-51-27-13-25-49(57(51)35-37-59(53)61)55-33-34-56(48-24-12-11-23-47(48)55)50-26-14-28-52-58(50)36-38-60-54(32-30-42-17-5-2-6-18-42)46-22-10-8-20-44(46)40-62(52)60/h7-14,19-28,33-42H,1-6,15-18,29-32H2. The van der Waals surface area contributed by atoms with Gasteiger partial charge in [0.05, 0.1) is 0 Å². The van der Waals surface area contributed by atoms with Gasteiger partial charge < -0.3 is 0 Å². The van der Waals surface area contributed by atoms with Gasteiger partial charge in [0, 0.05) is 0 Å². The van der Waals surface area contributed by atoms with Crippen molar-refractivity contribution in [3.63, 3.8) is 0 Å². The number of aryl methyl sites for hydroxylation is 2. The highest BCUT2D eigenvalue weighted by atomic mass is 14.2. The van der Waals surface area contributed by atoms with E-state index < -0.39 is 0 Å². The van der Waals surface area contributed by atoms with Gasteiger partial charge in [-0.3, -0.25) is 0 Å². The van der Waals surface area contributed by atoms with Crippen molar-refractivity contribution in [1.82, 2.24) is 0 Å². The van der Waals surface area contributed by atoms with Crippen LogP contribution in [0.3, 0.4) is 0 Å². The predicted molar refractivity (Wildman–Crippen MR) is 270 cm³/mol. The average molecular weight is 801 g/mol. The fraction of sp³-hybridized carbons (Fsp3) is 0.258. The first-order chi connectivity index (χ1) is 30.8. The molecule has 0 spiro atoms. The fourth-order valence-corrected chi connectivity index (χ4v) is 12.4. The van der Waals surface area contributed by atoms with E-state index in [0.717, 1.165) is 24.7 Å². The molecule has 0 amide bonds. The summed E-state index contributed by atoms with van der Waals surface area (Å²) in [6.07, 6.45) is 19.0. The zero-order valence-corrected chi connectivity index (χ0v) is 36.1. The highest BCUT2D eigenvalue weighted by Crippen LogP contribution is 2.44. The highest BCUT2D eigenvalue weighted by molar-refractivity contribution is 6.21. The molecule has 0 heteroatoms. The molecule has 2 aliphatic carbocycles. The maximum absolute atomic E-state index is 2.47. The summed E-state index contributed by atoms with van der Waals surface area (Å²) < 4.78 is 0. The summed E-state index contributed by atoms with van der Waals surface area (Å²) >= 11 is 0. The molecular formula is C62H56. The Morgan fingerprint density at radius 3 is 1.08 bits per heavy atom. The third-order valence-electron chi connectivity index (χ3n) is 15.6. The smallest absolute Gasteiger partial charge is 0.00960 e. The largest absolute Gasteiger partial charge is 0.0616 e. The summed E-state index contributed by atoms with van der Waals surface area (Å²) in [4.78, 5) is 0. The van der Waals surface area contributed by atoms with E-state index in [1.165, 1.54) is 186 Å². The fourth-order valence-electron chi connectivity index (χ4n) is 12.4. The maximum atomic E-state index is 2.47. The molecule has 62 heavy (non-hydrogen) atoms. The van der Waals surface area contributed by atoms with Crippen molar-refractivity contribution in [1.29, 1.82) is 0 Å². The molecule has 2 saturated carbocycles. The molecule has 0 unspecified atom stereocenters. The third kappa shape index (κ3) is 6.57. The van der Waals surface area contributed by atoms with E-state index in [2.05, 4.69) is 158 Å². The Kier molecular flexibility index (Phi) is 9.77. The van der Waals surface area contributed by atoms with E-state index in [4.69, 9.17) is 0 Å². The first kappa shape index (κ1) is 37.8. The summed E-state index contributed by atoms with van der Waals surface area (Å²) in [5.74, 6) is 1.73. The first-order valence-electron chi connectivity index (χ1n) is 24.0. The Balaban J connectivity index is 0.979. The van der Waals surface area contributed by atoms with Gasteiger partial charge in [-0.1, -0.05) is 210 Å². The molecular weight excluding hydrogens is 745 g/mol. The second-order valence-corrected chi connectivity index (χ2v) is 19.1. The maximum Gasteiger partial charge on any atom is -0.00960 e. The summed E-state index contributed by atoms with van der Waals surface area (Å²) in [5.41, 5.74) is 8.29. The van der Waals surface area contributed by atoms with Crippen LogP contribution in [0.1, 0.15) is 88.2 Å². The molecule has 2 fully saturated rings. The van der Waals surface area contributed by atoms with Crippen LogP contribution in [0.15, 0.2) is 158 Å². The monoisotopic (exact) mass is 800 g/mol. The molecule has 304 valence electrons. The van der Waals surface area contributed by atoms with E-state index >= 15 is 0 Å². The van der Waals surface area contributed by atoms with Gasteiger partial charge in [0.25, 0.3) is 0 Å². The van der Waals surface area contributed by atoms with Gasteiger partial charge >= 0.3 is 0 Å². The minimum Gasteiger partial charge on any atom is -0.0616 e. The van der Waals surface area contributed by atoms with Crippen LogP contribution in [0.2, 0.25) is 0 Å². The molecule has 0 bridgehead atoms. The Morgan fingerprint density at radius 2 is 0.629 bits per heavy atom. The van der Waals surface area contributed by atoms with Gasteiger partial charge in [-0.15, -0.1) is 0 Å². The van der Waals surface area contributed by atoms with Crippen LogP contribution in [0.5, 0.6) is 0 Å². The number of benzene rings is 10. The molecule has 12 rings (SSSR count). The van der Waals surface area contributed by atoms with Crippen molar-refractivity contribution < 1.29 is 0 Å². The molecule has 0 radical (unpaired) electrons. The van der Waals surface area contributed by atoms with Crippen LogP contribution in [0.4, 0.5) is 0 Å². The molecule has 0 N–H and O–H groups in total. The van der Waals surface area contributed by atoms with E-state index in [1.807, 2.05) is 0 Å². The Morgan fingerprint density at radius 1 is 0.274 bits per heavy atom. The lowest BCUT2D eigenvalue weighted by Crippen LogP contribution is -2.07. The van der Waals surface area contributed by atoms with Crippen LogP contribution in [0.25, 0.3) is 97.7 Å². The van der Waals surface area contributed by atoms with E-state index in [9.17, 15) is 0 Å². The van der Waals surface area contributed by atoms with Crippen molar-refractivity contribution in [2.45, 2.75) is 89.9 Å². The lowest BCUT2D eigenvalue weighted by atomic mass is 9.83. The number of hydrogen-bond donors (Lipinski definition) is 0. The number of fused-ring (bicyclic) bond motifs is 9. The first-order valence-corrected chi connectivity index (χ1v) is 24.0. The van der Waals surface area contributed by atoms with E-state index in [1.54, 1.807) is 0 Å². The van der Waals surface area contributed by atoms with E-state index in [-0.39, 0.29) is 0 Å². The topological polar surface area (TPSA) is 0 Å². The predicted octanol–water partition coefficient (Wildman–Crippen LogP) is 18.1. The van der Waals surface area contributed by atoms with Crippen molar-refractivity contribution in [3.8, 4) is 22.3 Å². The van der Waals surface area contributed by atoms with E-state index in [0.29, 0.717) is 0 Å². The van der Waals surface area contributed by atoms with Crippen LogP contribution in [-0.2, 0) is 12.8 Å². The lowest BCUT2D eigenvalue weighted by Gasteiger charge is -2.22. The van der Waals surface area contributed by atoms with Crippen LogP contribution < -0.4 is 0 Å². The van der Waals surface area contributed by atoms with Crippen molar-refractivity contribution >= 4 is 75.4 Å². The Labute approximate surface area is 366 Å². The third-order valence-corrected chi connectivity index (χ3v) is 15.6. The average Bonchev–Trinajstić information content (AvgIpc) is 3.34. The second kappa shape index (κ2) is 16.0. The Hall–Kier alpha value is -5.98. The highest BCUT2D eigenvalue weighted by Gasteiger charge is 2.20. The molecule has 0 heterocycles. The summed E-state index contributed by atoms with van der Waals surface area (Å²) in [7, 11) is 0. The van der Waals surface area contributed by atoms with Gasteiger partial charge in [0.1, 0.15) is 0 Å². The normalized spacial score (nSPS) is 15.5. The van der Waals surface area contributed by atoms with Gasteiger partial charge in [0.15, 0.2) is 0 Å². The summed E-state index contributed by atoms with van der Waals surface area (Å²) in [6, 6.07) is 60.9. The van der Waals surface area contributed by atoms with Crippen LogP contribution in [-0.4, -0.2) is 0 Å². The number of rotatable bonds is 8. The molecule has 10 aromatic rings. The van der Waals surface area contributed by atoms with Crippen molar-refractivity contribution in [2.24, 2.45) is 11.8 Å². The number of hydrogen-bond acceptors (Lipinski definition) is 0. The second-order valence-electron chi connectivity index (χ2n) is 19.1. The molecule has 2 aliphatic rings. The SMILES string of the molecule is c1ccc2c(CCC3CCCCC3)c3ccc4c(-c5ccc(-c6cccc7c6ccc6c(CCC8CCCCC8)c8ccccc8cc67)c6ccccc56)cccc4c3cc2c1. The van der Waals surface area contributed by atoms with Crippen LogP contribution >= 0.6 is 0 Å². The molecule has 0 nitrogen and oxygen atoms in total. The van der Waals surface area contributed by atoms with Gasteiger partial charge in [-0.25, -0.2) is 0 Å². The van der Waals surface area contributed by atoms with Gasteiger partial charge in [0.2, 0.25) is 0 Å². The zero-order valence-electron chi connectivity index (χ0n) is 36.1. The quantitative estimate of drug-likeness (QED) is 0.106. The molecule has 0 saturated heterocycles. The summed E-state index contributed by atoms with van der Waals surface area (Å²) in [5, 5.41) is 19.2. The van der Waals surface area contributed by atoms with Gasteiger partial charge in [-0.2, -0.15) is 0 Å². The van der Waals surface area contributed by atoms with Crippen molar-refractivity contribution in [3.05, 3.63) is 169 Å². The minimum absolute atomic E-state index is 0.864. The zero-order chi connectivity index (χ0) is 41.0.